The maximum absolute atomic E-state index is 12.2. The highest BCUT2D eigenvalue weighted by molar-refractivity contribution is 5.94. The van der Waals surface area contributed by atoms with E-state index in [0.29, 0.717) is 12.1 Å². The molecule has 2 rings (SSSR count). The summed E-state index contributed by atoms with van der Waals surface area (Å²) in [5.74, 6) is 0.0229. The molecule has 0 aliphatic heterocycles. The quantitative estimate of drug-likeness (QED) is 0.861. The van der Waals surface area contributed by atoms with Crippen molar-refractivity contribution in [2.45, 2.75) is 51.1 Å². The van der Waals surface area contributed by atoms with Gasteiger partial charge in [0.2, 0.25) is 0 Å². The summed E-state index contributed by atoms with van der Waals surface area (Å²) in [7, 11) is 0. The van der Waals surface area contributed by atoms with Crippen molar-refractivity contribution in [1.82, 2.24) is 5.32 Å². The number of hydrogen-bond donors (Lipinski definition) is 2. The second-order valence-corrected chi connectivity index (χ2v) is 5.48. The lowest BCUT2D eigenvalue weighted by molar-refractivity contribution is 0.0882. The zero-order valence-corrected chi connectivity index (χ0v) is 11.0. The van der Waals surface area contributed by atoms with Crippen LogP contribution >= 0.6 is 0 Å². The van der Waals surface area contributed by atoms with Crippen LogP contribution in [0.3, 0.4) is 0 Å². The lowest BCUT2D eigenvalue weighted by Crippen LogP contribution is -2.47. The van der Waals surface area contributed by atoms with E-state index >= 15 is 0 Å². The van der Waals surface area contributed by atoms with Crippen LogP contribution in [0.5, 0.6) is 0 Å². The highest BCUT2D eigenvalue weighted by Gasteiger charge is 2.28. The van der Waals surface area contributed by atoms with Gasteiger partial charge in [-0.25, -0.2) is 0 Å². The van der Waals surface area contributed by atoms with Crippen molar-refractivity contribution in [3.8, 4) is 0 Å². The molecular weight excluding hydrogens is 224 g/mol. The third-order valence-electron chi connectivity index (χ3n) is 3.80. The van der Waals surface area contributed by atoms with Crippen LogP contribution < -0.4 is 11.1 Å². The van der Waals surface area contributed by atoms with Crippen LogP contribution in [0, 0.1) is 0 Å². The first-order valence-corrected chi connectivity index (χ1v) is 6.74. The van der Waals surface area contributed by atoms with E-state index in [1.54, 1.807) is 0 Å². The minimum Gasteiger partial charge on any atom is -0.347 e. The maximum atomic E-state index is 12.2. The number of amides is 1. The lowest BCUT2D eigenvalue weighted by atomic mass is 9.83. The van der Waals surface area contributed by atoms with Crippen LogP contribution in [-0.4, -0.2) is 11.4 Å². The molecule has 98 valence electrons. The number of carbonyl (C=O) groups excluding carboxylic acids is 1. The van der Waals surface area contributed by atoms with Crippen molar-refractivity contribution in [2.75, 3.05) is 0 Å². The van der Waals surface area contributed by atoms with Gasteiger partial charge in [0.15, 0.2) is 0 Å². The smallest absolute Gasteiger partial charge is 0.251 e. The molecule has 0 aromatic heterocycles. The normalized spacial score (nSPS) is 18.3. The number of benzene rings is 1. The molecule has 3 heteroatoms. The van der Waals surface area contributed by atoms with Gasteiger partial charge in [-0.1, -0.05) is 31.4 Å². The molecule has 1 amide bonds. The Hall–Kier alpha value is -1.35. The molecule has 0 heterocycles. The van der Waals surface area contributed by atoms with Crippen molar-refractivity contribution in [3.63, 3.8) is 0 Å². The van der Waals surface area contributed by atoms with Crippen LogP contribution in [0.25, 0.3) is 0 Å². The molecule has 1 aromatic carbocycles. The zero-order valence-electron chi connectivity index (χ0n) is 11.0. The molecule has 1 saturated carbocycles. The Kier molecular flexibility index (Phi) is 4.02. The molecular formula is C15H22N2O. The summed E-state index contributed by atoms with van der Waals surface area (Å²) in [5.41, 5.74) is 7.27. The molecule has 0 bridgehead atoms. The molecule has 1 aromatic rings. The van der Waals surface area contributed by atoms with Gasteiger partial charge in [0.05, 0.1) is 0 Å². The van der Waals surface area contributed by atoms with Crippen molar-refractivity contribution in [2.24, 2.45) is 5.73 Å². The molecule has 0 spiro atoms. The van der Waals surface area contributed by atoms with Gasteiger partial charge in [-0.15, -0.1) is 0 Å². The summed E-state index contributed by atoms with van der Waals surface area (Å²) < 4.78 is 0. The lowest BCUT2D eigenvalue weighted by Gasteiger charge is -2.34. The van der Waals surface area contributed by atoms with Crippen molar-refractivity contribution in [1.29, 1.82) is 0 Å². The third-order valence-corrected chi connectivity index (χ3v) is 3.80. The van der Waals surface area contributed by atoms with Gasteiger partial charge < -0.3 is 11.1 Å². The monoisotopic (exact) mass is 246 g/mol. The highest BCUT2D eigenvalue weighted by Crippen LogP contribution is 2.27. The Balaban J connectivity index is 2.06. The average Bonchev–Trinajstić information content (AvgIpc) is 2.39. The summed E-state index contributed by atoms with van der Waals surface area (Å²) in [6, 6.07) is 7.56. The Bertz CT molecular complexity index is 422. The number of nitrogens with two attached hydrogens (primary N) is 1. The van der Waals surface area contributed by atoms with E-state index in [1.807, 2.05) is 24.3 Å². The number of rotatable bonds is 3. The number of hydrogen-bond acceptors (Lipinski definition) is 2. The zero-order chi connectivity index (χ0) is 13.0. The molecule has 0 saturated heterocycles. The SMILES string of the molecule is CC1(NC(=O)c2cccc(CN)c2)CCCCC1. The second-order valence-electron chi connectivity index (χ2n) is 5.48. The Morgan fingerprint density at radius 1 is 1.33 bits per heavy atom. The summed E-state index contributed by atoms with van der Waals surface area (Å²) in [6.45, 7) is 2.62. The first-order valence-electron chi connectivity index (χ1n) is 6.74. The summed E-state index contributed by atoms with van der Waals surface area (Å²) >= 11 is 0. The summed E-state index contributed by atoms with van der Waals surface area (Å²) in [4.78, 5) is 12.2. The first kappa shape index (κ1) is 13.1. The third kappa shape index (κ3) is 3.10. The predicted octanol–water partition coefficient (Wildman–Crippen LogP) is 2.60. The predicted molar refractivity (Wildman–Crippen MR) is 73.3 cm³/mol. The van der Waals surface area contributed by atoms with E-state index in [0.717, 1.165) is 18.4 Å². The minimum atomic E-state index is -0.0337. The van der Waals surface area contributed by atoms with E-state index in [4.69, 9.17) is 5.73 Å². The molecule has 3 N–H and O–H groups in total. The van der Waals surface area contributed by atoms with Crippen LogP contribution in [-0.2, 0) is 6.54 Å². The maximum Gasteiger partial charge on any atom is 0.251 e. The number of carbonyl (C=O) groups is 1. The molecule has 18 heavy (non-hydrogen) atoms. The van der Waals surface area contributed by atoms with Crippen LogP contribution in [0.4, 0.5) is 0 Å². The Morgan fingerprint density at radius 3 is 2.72 bits per heavy atom. The molecule has 1 fully saturated rings. The fourth-order valence-corrected chi connectivity index (χ4v) is 2.64. The van der Waals surface area contributed by atoms with Crippen molar-refractivity contribution in [3.05, 3.63) is 35.4 Å². The van der Waals surface area contributed by atoms with Gasteiger partial charge in [0.1, 0.15) is 0 Å². The average molecular weight is 246 g/mol. The van der Waals surface area contributed by atoms with Gasteiger partial charge in [0.25, 0.3) is 5.91 Å². The van der Waals surface area contributed by atoms with Gasteiger partial charge in [-0.05, 0) is 37.5 Å². The van der Waals surface area contributed by atoms with Gasteiger partial charge >= 0.3 is 0 Å². The van der Waals surface area contributed by atoms with Crippen LogP contribution in [0.1, 0.15) is 54.9 Å². The first-order chi connectivity index (χ1) is 8.63. The number of nitrogens with one attached hydrogen (secondary N) is 1. The second kappa shape index (κ2) is 5.53. The van der Waals surface area contributed by atoms with E-state index in [1.165, 1.54) is 19.3 Å². The van der Waals surface area contributed by atoms with Crippen molar-refractivity contribution < 1.29 is 4.79 Å². The Labute approximate surface area is 109 Å². The van der Waals surface area contributed by atoms with Gasteiger partial charge in [-0.2, -0.15) is 0 Å². The van der Waals surface area contributed by atoms with Crippen molar-refractivity contribution >= 4 is 5.91 Å². The van der Waals surface area contributed by atoms with E-state index in [2.05, 4.69) is 12.2 Å². The summed E-state index contributed by atoms with van der Waals surface area (Å²) in [6.07, 6.45) is 5.86. The summed E-state index contributed by atoms with van der Waals surface area (Å²) in [5, 5.41) is 3.18. The Morgan fingerprint density at radius 2 is 2.06 bits per heavy atom. The van der Waals surface area contributed by atoms with Crippen LogP contribution in [0.15, 0.2) is 24.3 Å². The van der Waals surface area contributed by atoms with E-state index in [-0.39, 0.29) is 11.4 Å². The minimum absolute atomic E-state index is 0.0229. The van der Waals surface area contributed by atoms with Gasteiger partial charge in [0, 0.05) is 17.6 Å². The topological polar surface area (TPSA) is 55.1 Å². The fourth-order valence-electron chi connectivity index (χ4n) is 2.64. The largest absolute Gasteiger partial charge is 0.347 e. The molecule has 1 aliphatic rings. The van der Waals surface area contributed by atoms with E-state index in [9.17, 15) is 4.79 Å². The fraction of sp³-hybridized carbons (Fsp3) is 0.533. The molecule has 1 aliphatic carbocycles. The molecule has 0 atom stereocenters. The highest BCUT2D eigenvalue weighted by atomic mass is 16.1. The van der Waals surface area contributed by atoms with Gasteiger partial charge in [-0.3, -0.25) is 4.79 Å². The van der Waals surface area contributed by atoms with E-state index < -0.39 is 0 Å². The molecule has 0 unspecified atom stereocenters. The molecule has 0 radical (unpaired) electrons. The van der Waals surface area contributed by atoms with Crippen LogP contribution in [0.2, 0.25) is 0 Å². The molecule has 3 nitrogen and oxygen atoms in total. The standard InChI is InChI=1S/C15H22N2O/c1-15(8-3-2-4-9-15)17-14(18)13-7-5-6-12(10-13)11-16/h5-7,10H,2-4,8-9,11,16H2,1H3,(H,17,18).